The van der Waals surface area contributed by atoms with Crippen LogP contribution in [0.5, 0.6) is 6.01 Å². The van der Waals surface area contributed by atoms with Crippen molar-refractivity contribution in [2.45, 2.75) is 20.0 Å². The van der Waals surface area contributed by atoms with E-state index < -0.39 is 4.92 Å². The van der Waals surface area contributed by atoms with Gasteiger partial charge in [0.2, 0.25) is 0 Å². The van der Waals surface area contributed by atoms with Crippen molar-refractivity contribution in [1.82, 2.24) is 14.5 Å². The Morgan fingerprint density at radius 2 is 1.97 bits per heavy atom. The first-order valence-corrected chi connectivity index (χ1v) is 10.5. The lowest BCUT2D eigenvalue weighted by atomic mass is 10.0. The van der Waals surface area contributed by atoms with E-state index in [9.17, 15) is 14.9 Å². The molecule has 0 spiro atoms. The van der Waals surface area contributed by atoms with Crippen LogP contribution in [-0.4, -0.2) is 51.6 Å². The van der Waals surface area contributed by atoms with Crippen molar-refractivity contribution in [2.75, 3.05) is 26.3 Å². The first-order valence-electron chi connectivity index (χ1n) is 10.5. The summed E-state index contributed by atoms with van der Waals surface area (Å²) in [5, 5.41) is 11.0. The molecular weight excluding hydrogens is 412 g/mol. The number of hydrogen-bond donors (Lipinski definition) is 0. The van der Waals surface area contributed by atoms with Gasteiger partial charge in [0.05, 0.1) is 12.2 Å². The van der Waals surface area contributed by atoms with E-state index in [1.54, 1.807) is 23.6 Å². The minimum Gasteiger partial charge on any atom is -0.462 e. The molecule has 9 nitrogen and oxygen atoms in total. The van der Waals surface area contributed by atoms with Crippen molar-refractivity contribution in [3.05, 3.63) is 76.0 Å². The average molecular weight is 436 g/mol. The molecular formula is C23H24N4O5. The van der Waals surface area contributed by atoms with Gasteiger partial charge in [-0.25, -0.2) is 4.79 Å². The molecule has 0 unspecified atom stereocenters. The highest BCUT2D eigenvalue weighted by atomic mass is 16.6. The number of aromatic nitrogens is 2. The molecule has 2 heterocycles. The van der Waals surface area contributed by atoms with Gasteiger partial charge in [0.1, 0.15) is 12.8 Å². The zero-order chi connectivity index (χ0) is 22.5. The van der Waals surface area contributed by atoms with Gasteiger partial charge in [0.25, 0.3) is 0 Å². The van der Waals surface area contributed by atoms with Gasteiger partial charge in [-0.1, -0.05) is 30.3 Å². The van der Waals surface area contributed by atoms with Crippen LogP contribution in [0, 0.1) is 10.1 Å². The largest absolute Gasteiger partial charge is 0.462 e. The van der Waals surface area contributed by atoms with E-state index in [-0.39, 0.29) is 11.8 Å². The third-order valence-corrected chi connectivity index (χ3v) is 5.27. The van der Waals surface area contributed by atoms with E-state index in [1.165, 1.54) is 6.20 Å². The summed E-state index contributed by atoms with van der Waals surface area (Å²) in [7, 11) is 0. The SMILES string of the molecule is CCOC(=O)c1ccc(-c2cccc(CN3CCOc4nc([N+](=O)[O-])cn4CC3)c2)cc1. The molecule has 32 heavy (non-hydrogen) atoms. The van der Waals surface area contributed by atoms with E-state index in [0.717, 1.165) is 29.8 Å². The van der Waals surface area contributed by atoms with Crippen LogP contribution in [0.2, 0.25) is 0 Å². The van der Waals surface area contributed by atoms with Gasteiger partial charge in [0, 0.05) is 31.2 Å². The number of nitrogens with zero attached hydrogens (tertiary/aromatic N) is 4. The third-order valence-electron chi connectivity index (χ3n) is 5.27. The second-order valence-corrected chi connectivity index (χ2v) is 7.45. The molecule has 2 aromatic carbocycles. The summed E-state index contributed by atoms with van der Waals surface area (Å²) in [5.41, 5.74) is 3.76. The number of ether oxygens (including phenoxy) is 2. The lowest BCUT2D eigenvalue weighted by Crippen LogP contribution is -2.33. The molecule has 166 valence electrons. The molecule has 0 radical (unpaired) electrons. The van der Waals surface area contributed by atoms with E-state index in [4.69, 9.17) is 9.47 Å². The first-order chi connectivity index (χ1) is 15.5. The summed E-state index contributed by atoms with van der Waals surface area (Å²) in [6.07, 6.45) is 1.42. The van der Waals surface area contributed by atoms with E-state index in [1.807, 2.05) is 24.3 Å². The van der Waals surface area contributed by atoms with Crippen molar-refractivity contribution < 1.29 is 19.2 Å². The van der Waals surface area contributed by atoms with Crippen LogP contribution in [0.25, 0.3) is 11.1 Å². The van der Waals surface area contributed by atoms with Crippen molar-refractivity contribution >= 4 is 11.8 Å². The monoisotopic (exact) mass is 436 g/mol. The Hall–Kier alpha value is -3.72. The van der Waals surface area contributed by atoms with E-state index in [0.29, 0.717) is 37.9 Å². The molecule has 0 atom stereocenters. The van der Waals surface area contributed by atoms with Gasteiger partial charge >= 0.3 is 17.8 Å². The van der Waals surface area contributed by atoms with Crippen molar-refractivity contribution in [3.63, 3.8) is 0 Å². The number of benzene rings is 2. The maximum absolute atomic E-state index is 11.9. The molecule has 4 rings (SSSR count). The Bertz CT molecular complexity index is 1110. The summed E-state index contributed by atoms with van der Waals surface area (Å²) in [6, 6.07) is 15.9. The van der Waals surface area contributed by atoms with Crippen LogP contribution in [0.3, 0.4) is 0 Å². The normalized spacial score (nSPS) is 14.0. The quantitative estimate of drug-likeness (QED) is 0.331. The fourth-order valence-electron chi connectivity index (χ4n) is 3.65. The second kappa shape index (κ2) is 9.61. The highest BCUT2D eigenvalue weighted by Crippen LogP contribution is 2.23. The zero-order valence-corrected chi connectivity index (χ0v) is 17.8. The number of rotatable bonds is 6. The summed E-state index contributed by atoms with van der Waals surface area (Å²) >= 11 is 0. The van der Waals surface area contributed by atoms with Crippen molar-refractivity contribution in [1.29, 1.82) is 0 Å². The summed E-state index contributed by atoms with van der Waals surface area (Å²) < 4.78 is 12.4. The number of fused-ring (bicyclic) bond motifs is 1. The summed E-state index contributed by atoms with van der Waals surface area (Å²) in [5.74, 6) is -0.520. The zero-order valence-electron chi connectivity index (χ0n) is 17.8. The molecule has 1 aromatic heterocycles. The predicted molar refractivity (Wildman–Crippen MR) is 117 cm³/mol. The van der Waals surface area contributed by atoms with Crippen LogP contribution in [0.15, 0.2) is 54.7 Å². The van der Waals surface area contributed by atoms with E-state index in [2.05, 4.69) is 22.0 Å². The maximum Gasteiger partial charge on any atom is 0.414 e. The van der Waals surface area contributed by atoms with Crippen molar-refractivity contribution in [2.24, 2.45) is 0 Å². The summed E-state index contributed by atoms with van der Waals surface area (Å²) in [6.45, 7) is 5.25. The minimum atomic E-state index is -0.510. The molecule has 0 bridgehead atoms. The molecule has 1 aliphatic heterocycles. The van der Waals surface area contributed by atoms with Gasteiger partial charge in [-0.05, 0) is 46.7 Å². The molecule has 0 saturated carbocycles. The third kappa shape index (κ3) is 4.94. The molecule has 0 amide bonds. The molecule has 9 heteroatoms. The Morgan fingerprint density at radius 3 is 2.72 bits per heavy atom. The standard InChI is InChI=1S/C23H24N4O5/c1-2-31-22(28)19-8-6-18(7-9-19)20-5-3-4-17(14-20)15-25-10-11-26-16-21(27(29)30)24-23(26)32-13-12-25/h3-9,14,16H,2,10-13,15H2,1H3. The van der Waals surface area contributed by atoms with Gasteiger partial charge in [-0.3, -0.25) is 9.47 Å². The van der Waals surface area contributed by atoms with Crippen molar-refractivity contribution in [3.8, 4) is 17.1 Å². The molecule has 0 N–H and O–H groups in total. The average Bonchev–Trinajstić information content (AvgIpc) is 3.19. The number of carbonyl (C=O) groups excluding carboxylic acids is 1. The Kier molecular flexibility index (Phi) is 6.46. The number of imidazole rings is 1. The first kappa shape index (κ1) is 21.5. The Balaban J connectivity index is 1.43. The van der Waals surface area contributed by atoms with Crippen LogP contribution in [0.1, 0.15) is 22.8 Å². The van der Waals surface area contributed by atoms with Gasteiger partial charge in [0.15, 0.2) is 0 Å². The maximum atomic E-state index is 11.9. The number of hydrogen-bond acceptors (Lipinski definition) is 7. The van der Waals surface area contributed by atoms with Crippen LogP contribution in [-0.2, 0) is 17.8 Å². The van der Waals surface area contributed by atoms with Gasteiger partial charge < -0.3 is 19.6 Å². The van der Waals surface area contributed by atoms with E-state index >= 15 is 0 Å². The lowest BCUT2D eigenvalue weighted by Gasteiger charge is -2.24. The fraction of sp³-hybridized carbons (Fsp3) is 0.304. The number of nitro groups is 1. The second-order valence-electron chi connectivity index (χ2n) is 7.45. The fourth-order valence-corrected chi connectivity index (χ4v) is 3.65. The molecule has 0 fully saturated rings. The number of carbonyl (C=O) groups is 1. The lowest BCUT2D eigenvalue weighted by molar-refractivity contribution is -0.389. The van der Waals surface area contributed by atoms with Crippen LogP contribution in [0.4, 0.5) is 5.82 Å². The molecule has 0 aliphatic carbocycles. The van der Waals surface area contributed by atoms with Crippen LogP contribution < -0.4 is 4.74 Å². The molecule has 0 saturated heterocycles. The number of esters is 1. The highest BCUT2D eigenvalue weighted by molar-refractivity contribution is 5.90. The van der Waals surface area contributed by atoms with Gasteiger partial charge in [-0.15, -0.1) is 0 Å². The molecule has 1 aliphatic rings. The topological polar surface area (TPSA) is 99.7 Å². The summed E-state index contributed by atoms with van der Waals surface area (Å²) in [4.78, 5) is 28.5. The smallest absolute Gasteiger partial charge is 0.414 e. The minimum absolute atomic E-state index is 0.199. The predicted octanol–water partition coefficient (Wildman–Crippen LogP) is 3.53. The van der Waals surface area contributed by atoms with Gasteiger partial charge in [-0.2, -0.15) is 0 Å². The Morgan fingerprint density at radius 1 is 1.16 bits per heavy atom. The van der Waals surface area contributed by atoms with Crippen LogP contribution >= 0.6 is 0 Å². The molecule has 3 aromatic rings. The Labute approximate surface area is 185 Å². The highest BCUT2D eigenvalue weighted by Gasteiger charge is 2.22.